The van der Waals surface area contributed by atoms with Crippen LogP contribution in [0, 0.1) is 11.3 Å². The third-order valence-corrected chi connectivity index (χ3v) is 3.96. The molecule has 0 amide bonds. The van der Waals surface area contributed by atoms with E-state index in [1.165, 1.54) is 0 Å². The fraction of sp³-hybridized carbons (Fsp3) is 0.211. The first-order valence-electron chi connectivity index (χ1n) is 7.74. The molecule has 0 fully saturated rings. The van der Waals surface area contributed by atoms with Gasteiger partial charge in [-0.15, -0.1) is 0 Å². The van der Waals surface area contributed by atoms with Crippen molar-refractivity contribution in [2.75, 3.05) is 12.3 Å². The van der Waals surface area contributed by atoms with Crippen LogP contribution in [0.2, 0.25) is 0 Å². The van der Waals surface area contributed by atoms with Crippen molar-refractivity contribution < 1.29 is 4.74 Å². The van der Waals surface area contributed by atoms with Gasteiger partial charge in [0.25, 0.3) is 0 Å². The quantitative estimate of drug-likeness (QED) is 0.735. The molecule has 0 aliphatic heterocycles. The molecule has 23 heavy (non-hydrogen) atoms. The van der Waals surface area contributed by atoms with Crippen LogP contribution in [0.1, 0.15) is 19.4 Å². The molecule has 4 nitrogen and oxygen atoms in total. The normalized spacial score (nSPS) is 10.7. The van der Waals surface area contributed by atoms with Crippen molar-refractivity contribution in [1.82, 2.24) is 4.57 Å². The third kappa shape index (κ3) is 2.51. The van der Waals surface area contributed by atoms with Gasteiger partial charge in [-0.25, -0.2) is 0 Å². The molecule has 0 aliphatic carbocycles. The zero-order valence-electron chi connectivity index (χ0n) is 13.3. The van der Waals surface area contributed by atoms with Crippen LogP contribution in [0.25, 0.3) is 22.2 Å². The Balaban J connectivity index is 2.31. The number of nitriles is 1. The van der Waals surface area contributed by atoms with Gasteiger partial charge in [0.2, 0.25) is 0 Å². The van der Waals surface area contributed by atoms with Gasteiger partial charge in [-0.3, -0.25) is 0 Å². The van der Waals surface area contributed by atoms with Crippen LogP contribution in [0.5, 0.6) is 5.75 Å². The summed E-state index contributed by atoms with van der Waals surface area (Å²) in [6, 6.07) is 15.9. The predicted octanol–water partition coefficient (Wildman–Crippen LogP) is 4.18. The van der Waals surface area contributed by atoms with Crippen molar-refractivity contribution >= 4 is 16.6 Å². The zero-order valence-corrected chi connectivity index (χ0v) is 13.3. The minimum atomic E-state index is 0.619. The Bertz CT molecular complexity index is 886. The number of ether oxygens (including phenoxy) is 1. The van der Waals surface area contributed by atoms with E-state index in [9.17, 15) is 5.26 Å². The van der Waals surface area contributed by atoms with E-state index in [1.54, 1.807) is 0 Å². The number of nitrogens with two attached hydrogens (primary N) is 1. The Kier molecular flexibility index (Phi) is 3.94. The minimum Gasteiger partial charge on any atom is -0.494 e. The molecule has 3 rings (SSSR count). The van der Waals surface area contributed by atoms with Crippen LogP contribution in [0.3, 0.4) is 0 Å². The number of hydrogen-bond donors (Lipinski definition) is 1. The Morgan fingerprint density at radius 3 is 2.48 bits per heavy atom. The van der Waals surface area contributed by atoms with Crippen molar-refractivity contribution in [3.8, 4) is 23.1 Å². The van der Waals surface area contributed by atoms with Gasteiger partial charge in [0.15, 0.2) is 0 Å². The number of hydrogen-bond acceptors (Lipinski definition) is 3. The fourth-order valence-electron chi connectivity index (χ4n) is 2.97. The summed E-state index contributed by atoms with van der Waals surface area (Å²) in [5.41, 5.74) is 10.1. The van der Waals surface area contributed by atoms with E-state index in [0.717, 1.165) is 34.5 Å². The van der Waals surface area contributed by atoms with Gasteiger partial charge < -0.3 is 15.0 Å². The van der Waals surface area contributed by atoms with Crippen molar-refractivity contribution in [2.45, 2.75) is 20.4 Å². The molecule has 4 heteroatoms. The molecule has 2 N–H and O–H groups in total. The molecule has 1 aromatic heterocycles. The van der Waals surface area contributed by atoms with Crippen LogP contribution in [-0.4, -0.2) is 11.2 Å². The fourth-order valence-corrected chi connectivity index (χ4v) is 2.97. The summed E-state index contributed by atoms with van der Waals surface area (Å²) < 4.78 is 7.76. The lowest BCUT2D eigenvalue weighted by Crippen LogP contribution is -1.98. The standard InChI is InChI=1S/C19H19N3O/c1-3-22-18-11-15(23-4-2)9-10-16(18)17(12-20)19(22)13-5-7-14(21)8-6-13/h5-11H,3-4,21H2,1-2H3. The number of anilines is 1. The molecule has 2 aromatic carbocycles. The molecule has 0 aliphatic rings. The molecule has 0 spiro atoms. The number of fused-ring (bicyclic) bond motifs is 1. The maximum atomic E-state index is 9.69. The van der Waals surface area contributed by atoms with Crippen molar-refractivity contribution in [3.63, 3.8) is 0 Å². The van der Waals surface area contributed by atoms with E-state index >= 15 is 0 Å². The van der Waals surface area contributed by atoms with Crippen LogP contribution >= 0.6 is 0 Å². The van der Waals surface area contributed by atoms with Gasteiger partial charge in [0.1, 0.15) is 11.8 Å². The Hall–Kier alpha value is -2.93. The highest BCUT2D eigenvalue weighted by Gasteiger charge is 2.18. The molecule has 0 unspecified atom stereocenters. The molecule has 116 valence electrons. The molecular weight excluding hydrogens is 286 g/mol. The van der Waals surface area contributed by atoms with Crippen LogP contribution in [0.15, 0.2) is 42.5 Å². The first-order chi connectivity index (χ1) is 11.2. The van der Waals surface area contributed by atoms with E-state index in [2.05, 4.69) is 17.6 Å². The number of nitrogen functional groups attached to an aromatic ring is 1. The predicted molar refractivity (Wildman–Crippen MR) is 93.3 cm³/mol. The van der Waals surface area contributed by atoms with E-state index in [-0.39, 0.29) is 0 Å². The molecule has 1 heterocycles. The van der Waals surface area contributed by atoms with Crippen molar-refractivity contribution in [1.29, 1.82) is 5.26 Å². The number of nitrogens with zero attached hydrogens (tertiary/aromatic N) is 2. The monoisotopic (exact) mass is 305 g/mol. The minimum absolute atomic E-state index is 0.619. The second-order valence-electron chi connectivity index (χ2n) is 5.31. The molecule has 0 radical (unpaired) electrons. The first kappa shape index (κ1) is 15.0. The van der Waals surface area contributed by atoms with E-state index < -0.39 is 0 Å². The largest absolute Gasteiger partial charge is 0.494 e. The Morgan fingerprint density at radius 1 is 1.13 bits per heavy atom. The Labute approximate surface area is 135 Å². The van der Waals surface area contributed by atoms with Gasteiger partial charge >= 0.3 is 0 Å². The van der Waals surface area contributed by atoms with Crippen LogP contribution in [-0.2, 0) is 6.54 Å². The van der Waals surface area contributed by atoms with E-state index in [4.69, 9.17) is 10.5 Å². The number of rotatable bonds is 4. The summed E-state index contributed by atoms with van der Waals surface area (Å²) in [5, 5.41) is 10.6. The summed E-state index contributed by atoms with van der Waals surface area (Å²) in [6.07, 6.45) is 0. The topological polar surface area (TPSA) is 64.0 Å². The smallest absolute Gasteiger partial charge is 0.121 e. The van der Waals surface area contributed by atoms with E-state index in [0.29, 0.717) is 17.9 Å². The SMILES string of the molecule is CCOc1ccc2c(C#N)c(-c3ccc(N)cc3)n(CC)c2c1. The maximum Gasteiger partial charge on any atom is 0.121 e. The summed E-state index contributed by atoms with van der Waals surface area (Å²) in [4.78, 5) is 0. The van der Waals surface area contributed by atoms with Gasteiger partial charge in [-0.2, -0.15) is 5.26 Å². The number of aromatic nitrogens is 1. The van der Waals surface area contributed by atoms with Crippen molar-refractivity contribution in [3.05, 3.63) is 48.0 Å². The van der Waals surface area contributed by atoms with Gasteiger partial charge in [-0.05, 0) is 43.7 Å². The number of benzene rings is 2. The highest BCUT2D eigenvalue weighted by Crippen LogP contribution is 2.35. The summed E-state index contributed by atoms with van der Waals surface area (Å²) in [7, 11) is 0. The first-order valence-corrected chi connectivity index (χ1v) is 7.74. The average Bonchev–Trinajstić information content (AvgIpc) is 2.88. The molecular formula is C19H19N3O. The average molecular weight is 305 g/mol. The molecule has 0 saturated carbocycles. The summed E-state index contributed by atoms with van der Waals surface area (Å²) in [6.45, 7) is 5.43. The second kappa shape index (κ2) is 6.05. The lowest BCUT2D eigenvalue weighted by atomic mass is 10.1. The lowest BCUT2D eigenvalue weighted by Gasteiger charge is -2.09. The van der Waals surface area contributed by atoms with Crippen LogP contribution < -0.4 is 10.5 Å². The van der Waals surface area contributed by atoms with Gasteiger partial charge in [-0.1, -0.05) is 12.1 Å². The van der Waals surface area contributed by atoms with Gasteiger partial charge in [0, 0.05) is 23.7 Å². The van der Waals surface area contributed by atoms with Crippen LogP contribution in [0.4, 0.5) is 5.69 Å². The second-order valence-corrected chi connectivity index (χ2v) is 5.31. The summed E-state index contributed by atoms with van der Waals surface area (Å²) in [5.74, 6) is 0.820. The third-order valence-electron chi connectivity index (χ3n) is 3.96. The highest BCUT2D eigenvalue weighted by atomic mass is 16.5. The molecule has 3 aromatic rings. The zero-order chi connectivity index (χ0) is 16.4. The van der Waals surface area contributed by atoms with Crippen molar-refractivity contribution in [2.24, 2.45) is 0 Å². The number of aryl methyl sites for hydroxylation is 1. The van der Waals surface area contributed by atoms with E-state index in [1.807, 2.05) is 49.4 Å². The lowest BCUT2D eigenvalue weighted by molar-refractivity contribution is 0.340. The highest BCUT2D eigenvalue weighted by molar-refractivity contribution is 5.95. The maximum absolute atomic E-state index is 9.69. The summed E-state index contributed by atoms with van der Waals surface area (Å²) >= 11 is 0. The molecule has 0 atom stereocenters. The van der Waals surface area contributed by atoms with Gasteiger partial charge in [0.05, 0.1) is 23.4 Å². The Morgan fingerprint density at radius 2 is 1.87 bits per heavy atom. The molecule has 0 bridgehead atoms. The molecule has 0 saturated heterocycles.